The number of terminal acetylenes is 1. The quantitative estimate of drug-likeness (QED) is 0.462. The van der Waals surface area contributed by atoms with Crippen molar-refractivity contribution in [2.75, 3.05) is 19.6 Å². The zero-order valence-electron chi connectivity index (χ0n) is 7.95. The van der Waals surface area contributed by atoms with Crippen molar-refractivity contribution >= 4 is 5.97 Å². The van der Waals surface area contributed by atoms with E-state index in [1.54, 1.807) is 0 Å². The van der Waals surface area contributed by atoms with Crippen LogP contribution in [-0.2, 0) is 9.53 Å². The van der Waals surface area contributed by atoms with Gasteiger partial charge in [-0.05, 0) is 19.4 Å². The Balaban J connectivity index is 2.33. The van der Waals surface area contributed by atoms with Crippen LogP contribution in [0.2, 0.25) is 0 Å². The highest BCUT2D eigenvalue weighted by molar-refractivity contribution is 5.66. The second-order valence-electron chi connectivity index (χ2n) is 3.31. The van der Waals surface area contributed by atoms with Crippen molar-refractivity contribution < 1.29 is 9.53 Å². The molecule has 3 nitrogen and oxygen atoms in total. The summed E-state index contributed by atoms with van der Waals surface area (Å²) in [5.41, 5.74) is 0. The number of rotatable bonds is 2. The van der Waals surface area contributed by atoms with Crippen LogP contribution in [0.3, 0.4) is 0 Å². The van der Waals surface area contributed by atoms with Gasteiger partial charge in [-0.2, -0.15) is 0 Å². The molecule has 1 aliphatic rings. The minimum absolute atomic E-state index is 0.0413. The van der Waals surface area contributed by atoms with Crippen LogP contribution in [0.4, 0.5) is 0 Å². The van der Waals surface area contributed by atoms with Gasteiger partial charge in [-0.25, -0.2) is 0 Å². The number of nitrogens with zero attached hydrogens (tertiary/aromatic N) is 1. The van der Waals surface area contributed by atoms with Gasteiger partial charge in [0.1, 0.15) is 6.10 Å². The summed E-state index contributed by atoms with van der Waals surface area (Å²) in [6.07, 6.45) is 7.26. The van der Waals surface area contributed by atoms with E-state index in [0.717, 1.165) is 25.9 Å². The maximum absolute atomic E-state index is 10.7. The molecule has 0 spiro atoms. The molecule has 0 radical (unpaired) electrons. The Morgan fingerprint density at radius 2 is 2.54 bits per heavy atom. The monoisotopic (exact) mass is 181 g/mol. The summed E-state index contributed by atoms with van der Waals surface area (Å²) in [5, 5.41) is 0. The second-order valence-corrected chi connectivity index (χ2v) is 3.31. The molecule has 0 amide bonds. The average Bonchev–Trinajstić information content (AvgIpc) is 2.04. The summed E-state index contributed by atoms with van der Waals surface area (Å²) in [7, 11) is 0. The molecule has 0 aromatic carbocycles. The number of ether oxygens (including phenoxy) is 1. The lowest BCUT2D eigenvalue weighted by Gasteiger charge is -2.30. The van der Waals surface area contributed by atoms with Crippen LogP contribution in [0.5, 0.6) is 0 Å². The molecule has 13 heavy (non-hydrogen) atoms. The molecule has 1 saturated heterocycles. The molecule has 1 aliphatic heterocycles. The van der Waals surface area contributed by atoms with Crippen molar-refractivity contribution in [3.63, 3.8) is 0 Å². The number of likely N-dealkylation sites (tertiary alicyclic amines) is 1. The lowest BCUT2D eigenvalue weighted by atomic mass is 10.1. The van der Waals surface area contributed by atoms with Crippen LogP contribution < -0.4 is 0 Å². The van der Waals surface area contributed by atoms with Crippen molar-refractivity contribution in [3.05, 3.63) is 0 Å². The first-order valence-electron chi connectivity index (χ1n) is 4.55. The lowest BCUT2D eigenvalue weighted by molar-refractivity contribution is -0.148. The van der Waals surface area contributed by atoms with Gasteiger partial charge in [0.25, 0.3) is 0 Å². The third-order valence-electron chi connectivity index (χ3n) is 2.11. The van der Waals surface area contributed by atoms with Gasteiger partial charge in [-0.3, -0.25) is 9.69 Å². The van der Waals surface area contributed by atoms with Crippen molar-refractivity contribution in [2.24, 2.45) is 0 Å². The fourth-order valence-electron chi connectivity index (χ4n) is 1.62. The third kappa shape index (κ3) is 3.47. The smallest absolute Gasteiger partial charge is 0.302 e. The van der Waals surface area contributed by atoms with E-state index in [9.17, 15) is 4.79 Å². The van der Waals surface area contributed by atoms with E-state index in [2.05, 4.69) is 10.8 Å². The van der Waals surface area contributed by atoms with Crippen molar-refractivity contribution in [1.29, 1.82) is 0 Å². The first kappa shape index (κ1) is 10.1. The van der Waals surface area contributed by atoms with Gasteiger partial charge in [0.2, 0.25) is 0 Å². The summed E-state index contributed by atoms with van der Waals surface area (Å²) >= 11 is 0. The predicted molar refractivity (Wildman–Crippen MR) is 50.1 cm³/mol. The zero-order chi connectivity index (χ0) is 9.68. The maximum atomic E-state index is 10.7. The molecule has 3 heteroatoms. The van der Waals surface area contributed by atoms with Gasteiger partial charge >= 0.3 is 5.97 Å². The van der Waals surface area contributed by atoms with Crippen molar-refractivity contribution in [3.8, 4) is 12.3 Å². The van der Waals surface area contributed by atoms with Crippen LogP contribution in [0.15, 0.2) is 0 Å². The van der Waals surface area contributed by atoms with E-state index in [1.807, 2.05) is 0 Å². The molecular weight excluding hydrogens is 166 g/mol. The summed E-state index contributed by atoms with van der Waals surface area (Å²) in [6, 6.07) is 0. The number of hydrogen-bond acceptors (Lipinski definition) is 3. The lowest BCUT2D eigenvalue weighted by Crippen LogP contribution is -2.40. The van der Waals surface area contributed by atoms with Crippen LogP contribution in [0, 0.1) is 12.3 Å². The van der Waals surface area contributed by atoms with E-state index in [0.29, 0.717) is 6.54 Å². The highest BCUT2D eigenvalue weighted by Crippen LogP contribution is 2.12. The number of piperidine rings is 1. The van der Waals surface area contributed by atoms with Crippen molar-refractivity contribution in [1.82, 2.24) is 4.90 Å². The molecule has 72 valence electrons. The summed E-state index contributed by atoms with van der Waals surface area (Å²) < 4.78 is 5.12. The number of carbonyl (C=O) groups excluding carboxylic acids is 1. The van der Waals surface area contributed by atoms with Crippen LogP contribution in [0.25, 0.3) is 0 Å². The summed E-state index contributed by atoms with van der Waals surface area (Å²) in [4.78, 5) is 12.8. The van der Waals surface area contributed by atoms with E-state index < -0.39 is 0 Å². The van der Waals surface area contributed by atoms with Gasteiger partial charge in [0.05, 0.1) is 6.54 Å². The summed E-state index contributed by atoms with van der Waals surface area (Å²) in [6.45, 7) is 3.89. The second kappa shape index (κ2) is 4.88. The maximum Gasteiger partial charge on any atom is 0.302 e. The Morgan fingerprint density at radius 3 is 3.15 bits per heavy atom. The SMILES string of the molecule is C#CCN1CCCC(OC(C)=O)C1. The first-order chi connectivity index (χ1) is 6.22. The molecule has 0 bridgehead atoms. The molecule has 1 rings (SSSR count). The molecule has 0 N–H and O–H groups in total. The topological polar surface area (TPSA) is 29.5 Å². The van der Waals surface area contributed by atoms with Crippen LogP contribution in [0.1, 0.15) is 19.8 Å². The molecule has 1 heterocycles. The molecule has 1 atom stereocenters. The molecular formula is C10H15NO2. The van der Waals surface area contributed by atoms with Crippen molar-refractivity contribution in [2.45, 2.75) is 25.9 Å². The number of carbonyl (C=O) groups is 1. The third-order valence-corrected chi connectivity index (χ3v) is 2.11. The molecule has 1 unspecified atom stereocenters. The number of hydrogen-bond donors (Lipinski definition) is 0. The van der Waals surface area contributed by atoms with E-state index in [4.69, 9.17) is 11.2 Å². The molecule has 0 aromatic rings. The predicted octanol–water partition coefficient (Wildman–Crippen LogP) is 0.647. The van der Waals surface area contributed by atoms with Gasteiger partial charge in [-0.1, -0.05) is 5.92 Å². The van der Waals surface area contributed by atoms with Crippen LogP contribution >= 0.6 is 0 Å². The zero-order valence-corrected chi connectivity index (χ0v) is 7.95. The Bertz CT molecular complexity index is 219. The normalized spacial score (nSPS) is 23.5. The van der Waals surface area contributed by atoms with Gasteiger partial charge < -0.3 is 4.74 Å². The standard InChI is InChI=1S/C10H15NO2/c1-3-6-11-7-4-5-10(8-11)13-9(2)12/h1,10H,4-8H2,2H3. The number of esters is 1. The Kier molecular flexibility index (Phi) is 3.78. The average molecular weight is 181 g/mol. The van der Waals surface area contributed by atoms with E-state index in [-0.39, 0.29) is 12.1 Å². The highest BCUT2D eigenvalue weighted by atomic mass is 16.5. The molecule has 0 aliphatic carbocycles. The van der Waals surface area contributed by atoms with E-state index in [1.165, 1.54) is 6.92 Å². The molecule has 0 saturated carbocycles. The highest BCUT2D eigenvalue weighted by Gasteiger charge is 2.20. The fourth-order valence-corrected chi connectivity index (χ4v) is 1.62. The first-order valence-corrected chi connectivity index (χ1v) is 4.55. The van der Waals surface area contributed by atoms with Gasteiger partial charge in [-0.15, -0.1) is 6.42 Å². The Morgan fingerprint density at radius 1 is 1.77 bits per heavy atom. The molecule has 1 fully saturated rings. The fraction of sp³-hybridized carbons (Fsp3) is 0.700. The van der Waals surface area contributed by atoms with Gasteiger partial charge in [0, 0.05) is 13.5 Å². The minimum Gasteiger partial charge on any atom is -0.461 e. The molecule has 0 aromatic heterocycles. The van der Waals surface area contributed by atoms with Crippen LogP contribution in [-0.4, -0.2) is 36.6 Å². The summed E-state index contributed by atoms with van der Waals surface area (Å²) in [5.74, 6) is 2.40. The Hall–Kier alpha value is -1.01. The van der Waals surface area contributed by atoms with E-state index >= 15 is 0 Å². The Labute approximate surface area is 79.1 Å². The minimum atomic E-state index is -0.201. The largest absolute Gasteiger partial charge is 0.461 e. The van der Waals surface area contributed by atoms with Gasteiger partial charge in [0.15, 0.2) is 0 Å².